The monoisotopic (exact) mass is 918 g/mol. The highest BCUT2D eigenvalue weighted by Gasteiger charge is 2.48. The van der Waals surface area contributed by atoms with Gasteiger partial charge in [0, 0.05) is 0 Å². The number of allylic oxidation sites excluding steroid dienone is 5. The smallest absolute Gasteiger partial charge is 0.394 e. The fraction of sp³-hybridized carbons (Fsp3) is 0.857. The lowest BCUT2D eigenvalue weighted by atomic mass is 9.99. The molecule has 1 fully saturated rings. The van der Waals surface area contributed by atoms with Crippen LogP contribution in [0.25, 0.3) is 0 Å². The Bertz CT molecular complexity index is 1280. The number of nitrogens with one attached hydrogen (secondary N) is 1. The number of carbonyl (C=O) groups excluding carboxylic acids is 1. The molecule has 370 valence electrons. The van der Waals surface area contributed by atoms with Crippen LogP contribution in [-0.2, 0) is 28.9 Å². The number of amides is 1. The van der Waals surface area contributed by atoms with Gasteiger partial charge in [0.15, 0.2) is 6.29 Å². The molecule has 1 amide bonds. The SMILES string of the molecule is CCCCCCCCCCC/C=C\CCCCCCCCC(O)C(=O)NC(COC1OC(CO)C(O)C(OS(=O)(=O)O)C1O)C(O)/C=C/CC/C=C/CCCCCCCCCCC. The molecule has 0 bridgehead atoms. The average molecular weight is 918 g/mol. The van der Waals surface area contributed by atoms with Crippen molar-refractivity contribution in [2.75, 3.05) is 13.2 Å². The van der Waals surface area contributed by atoms with Crippen LogP contribution >= 0.6 is 0 Å². The molecule has 13 nitrogen and oxygen atoms in total. The molecule has 0 aromatic carbocycles. The van der Waals surface area contributed by atoms with E-state index in [0.717, 1.165) is 64.2 Å². The first-order valence-electron chi connectivity index (χ1n) is 25.0. The van der Waals surface area contributed by atoms with Crippen molar-refractivity contribution >= 4 is 16.3 Å². The summed E-state index contributed by atoms with van der Waals surface area (Å²) in [6.07, 6.45) is 35.1. The predicted molar refractivity (Wildman–Crippen MR) is 251 cm³/mol. The first kappa shape index (κ1) is 59.3. The molecular weight excluding hydrogens is 827 g/mol. The van der Waals surface area contributed by atoms with Gasteiger partial charge in [0.25, 0.3) is 0 Å². The lowest BCUT2D eigenvalue weighted by molar-refractivity contribution is -0.298. The van der Waals surface area contributed by atoms with Gasteiger partial charge in [-0.3, -0.25) is 9.35 Å². The van der Waals surface area contributed by atoms with Gasteiger partial charge in [-0.25, -0.2) is 4.18 Å². The maximum atomic E-state index is 13.1. The average Bonchev–Trinajstić information content (AvgIpc) is 3.25. The van der Waals surface area contributed by atoms with Crippen molar-refractivity contribution in [2.24, 2.45) is 0 Å². The lowest BCUT2D eigenvalue weighted by Crippen LogP contribution is -2.61. The molecule has 1 saturated heterocycles. The second kappa shape index (κ2) is 39.4. The number of hydrogen-bond acceptors (Lipinski definition) is 11. The summed E-state index contributed by atoms with van der Waals surface area (Å²) in [7, 11) is -5.12. The number of unbranched alkanes of at least 4 members (excludes halogenated alkanes) is 25. The van der Waals surface area contributed by atoms with E-state index in [-0.39, 0.29) is 6.42 Å². The van der Waals surface area contributed by atoms with Gasteiger partial charge in [-0.15, -0.1) is 0 Å². The minimum atomic E-state index is -5.12. The minimum Gasteiger partial charge on any atom is -0.394 e. The first-order valence-corrected chi connectivity index (χ1v) is 26.3. The summed E-state index contributed by atoms with van der Waals surface area (Å²) in [5, 5.41) is 55.3. The zero-order valence-electron chi connectivity index (χ0n) is 39.3. The third kappa shape index (κ3) is 31.8. The van der Waals surface area contributed by atoms with Crippen LogP contribution in [-0.4, -0.2) is 107 Å². The highest BCUT2D eigenvalue weighted by atomic mass is 32.3. The predicted octanol–water partition coefficient (Wildman–Crippen LogP) is 9.25. The first-order chi connectivity index (χ1) is 30.4. The van der Waals surface area contributed by atoms with E-state index in [0.29, 0.717) is 12.8 Å². The summed E-state index contributed by atoms with van der Waals surface area (Å²) < 4.78 is 47.5. The summed E-state index contributed by atoms with van der Waals surface area (Å²) >= 11 is 0. The standard InChI is InChI=1S/C49H91NO12S/c1-3-5-7-9-11-13-15-17-19-20-21-22-24-26-28-30-32-34-36-38-43(53)48(56)50-41(40-60-49-46(55)47(62-63(57,58)59)45(54)44(39-51)61-49)42(52)37-35-33-31-29-27-25-23-18-16-14-12-10-8-6-4-2/h21-22,27,29,35,37,41-47,49,51-55H,3-20,23-26,28,30-34,36,38-40H2,1-2H3,(H,50,56)(H,57,58,59)/b22-21-,29-27+,37-35+. The molecule has 63 heavy (non-hydrogen) atoms. The maximum Gasteiger partial charge on any atom is 0.397 e. The van der Waals surface area contributed by atoms with Gasteiger partial charge in [0.05, 0.1) is 25.4 Å². The van der Waals surface area contributed by atoms with Crippen molar-refractivity contribution in [2.45, 2.75) is 255 Å². The van der Waals surface area contributed by atoms with Crippen molar-refractivity contribution in [3.63, 3.8) is 0 Å². The van der Waals surface area contributed by atoms with Crippen LogP contribution in [0.5, 0.6) is 0 Å². The van der Waals surface area contributed by atoms with E-state index in [1.54, 1.807) is 6.08 Å². The molecule has 0 radical (unpaired) electrons. The van der Waals surface area contributed by atoms with Crippen molar-refractivity contribution in [3.8, 4) is 0 Å². The zero-order chi connectivity index (χ0) is 46.4. The van der Waals surface area contributed by atoms with E-state index in [2.05, 4.69) is 47.7 Å². The molecule has 0 saturated carbocycles. The highest BCUT2D eigenvalue weighted by molar-refractivity contribution is 7.80. The quantitative estimate of drug-likeness (QED) is 0.0174. The second-order valence-electron chi connectivity index (χ2n) is 17.5. The van der Waals surface area contributed by atoms with Crippen LogP contribution in [0.3, 0.4) is 0 Å². The molecule has 8 atom stereocenters. The summed E-state index contributed by atoms with van der Waals surface area (Å²) in [5.74, 6) is -0.717. The van der Waals surface area contributed by atoms with Crippen LogP contribution in [0.1, 0.15) is 206 Å². The van der Waals surface area contributed by atoms with Crippen molar-refractivity contribution in [1.29, 1.82) is 0 Å². The molecule has 1 aliphatic heterocycles. The fourth-order valence-electron chi connectivity index (χ4n) is 7.77. The van der Waals surface area contributed by atoms with Crippen LogP contribution in [0.4, 0.5) is 0 Å². The maximum absolute atomic E-state index is 13.1. The Morgan fingerprint density at radius 1 is 0.635 bits per heavy atom. The topological polar surface area (TPSA) is 212 Å². The van der Waals surface area contributed by atoms with Crippen LogP contribution in [0.15, 0.2) is 36.5 Å². The minimum absolute atomic E-state index is 0.230. The fourth-order valence-corrected chi connectivity index (χ4v) is 8.27. The van der Waals surface area contributed by atoms with Crippen LogP contribution in [0.2, 0.25) is 0 Å². The number of aliphatic hydroxyl groups is 5. The van der Waals surface area contributed by atoms with Gasteiger partial charge in [-0.05, 0) is 57.8 Å². The van der Waals surface area contributed by atoms with Crippen molar-refractivity contribution < 1.29 is 57.0 Å². The second-order valence-corrected chi connectivity index (χ2v) is 18.6. The molecule has 14 heteroatoms. The van der Waals surface area contributed by atoms with Gasteiger partial charge in [0.1, 0.15) is 30.5 Å². The number of aliphatic hydroxyl groups excluding tert-OH is 5. The molecular formula is C49H91NO12S. The van der Waals surface area contributed by atoms with Gasteiger partial charge < -0.3 is 40.3 Å². The van der Waals surface area contributed by atoms with E-state index < -0.39 is 78.5 Å². The molecule has 1 aliphatic rings. The summed E-state index contributed by atoms with van der Waals surface area (Å²) in [6.45, 7) is 3.20. The highest BCUT2D eigenvalue weighted by Crippen LogP contribution is 2.26. The Morgan fingerprint density at radius 3 is 1.52 bits per heavy atom. The third-order valence-electron chi connectivity index (χ3n) is 11.8. The molecule has 1 heterocycles. The van der Waals surface area contributed by atoms with Crippen molar-refractivity contribution in [1.82, 2.24) is 5.32 Å². The lowest BCUT2D eigenvalue weighted by Gasteiger charge is -2.41. The van der Waals surface area contributed by atoms with Gasteiger partial charge in [-0.2, -0.15) is 8.42 Å². The number of ether oxygens (including phenoxy) is 2. The molecule has 1 rings (SSSR count). The normalized spacial score (nSPS) is 21.2. The van der Waals surface area contributed by atoms with Gasteiger partial charge in [-0.1, -0.05) is 185 Å². The van der Waals surface area contributed by atoms with Gasteiger partial charge in [0.2, 0.25) is 5.91 Å². The summed E-state index contributed by atoms with van der Waals surface area (Å²) in [4.78, 5) is 13.1. The van der Waals surface area contributed by atoms with E-state index >= 15 is 0 Å². The number of carbonyl (C=O) groups is 1. The van der Waals surface area contributed by atoms with E-state index in [4.69, 9.17) is 9.47 Å². The molecule has 0 aliphatic carbocycles. The number of hydrogen-bond donors (Lipinski definition) is 7. The van der Waals surface area contributed by atoms with E-state index in [1.165, 1.54) is 115 Å². The Morgan fingerprint density at radius 2 is 1.06 bits per heavy atom. The summed E-state index contributed by atoms with van der Waals surface area (Å²) in [6, 6.07) is -1.14. The van der Waals surface area contributed by atoms with Crippen LogP contribution in [0, 0.1) is 0 Å². The van der Waals surface area contributed by atoms with Gasteiger partial charge >= 0.3 is 10.4 Å². The van der Waals surface area contributed by atoms with Crippen LogP contribution < -0.4 is 5.32 Å². The molecule has 0 aromatic heterocycles. The Kier molecular flexibility index (Phi) is 37.1. The van der Waals surface area contributed by atoms with Crippen molar-refractivity contribution in [3.05, 3.63) is 36.5 Å². The zero-order valence-corrected chi connectivity index (χ0v) is 40.1. The molecule has 0 spiro atoms. The van der Waals surface area contributed by atoms with E-state index in [1.807, 2.05) is 0 Å². The largest absolute Gasteiger partial charge is 0.397 e. The molecule has 0 aromatic rings. The molecule has 8 unspecified atom stereocenters. The number of rotatable bonds is 42. The summed E-state index contributed by atoms with van der Waals surface area (Å²) in [5.41, 5.74) is 0. The molecule has 7 N–H and O–H groups in total. The Hall–Kier alpha value is -1.72. The Labute approximate surface area is 382 Å². The Balaban J connectivity index is 2.55. The van der Waals surface area contributed by atoms with E-state index in [9.17, 15) is 43.3 Å². The third-order valence-corrected chi connectivity index (χ3v) is 12.2.